The number of hydrogen-bond acceptors (Lipinski definition) is 3. The van der Waals surface area contributed by atoms with Gasteiger partial charge in [0.05, 0.1) is 12.7 Å². The average Bonchev–Trinajstić information content (AvgIpc) is 2.22. The van der Waals surface area contributed by atoms with E-state index in [-0.39, 0.29) is 11.0 Å². The average molecular weight is 456 g/mol. The summed E-state index contributed by atoms with van der Waals surface area (Å²) < 4.78 is 5.23. The first kappa shape index (κ1) is 22.4. The first-order valence-corrected chi connectivity index (χ1v) is 11.7. The maximum absolute atomic E-state index is 11.1. The maximum atomic E-state index is 11.1. The van der Waals surface area contributed by atoms with Gasteiger partial charge < -0.3 is 21.4 Å². The van der Waals surface area contributed by atoms with Crippen LogP contribution in [0.1, 0.15) is 10.4 Å². The van der Waals surface area contributed by atoms with E-state index in [1.54, 1.807) is 18.2 Å². The van der Waals surface area contributed by atoms with Crippen molar-refractivity contribution in [2.75, 3.05) is 12.8 Å². The fourth-order valence-corrected chi connectivity index (χ4v) is 1.22. The minimum absolute atomic E-state index is 0. The number of carbonyl (C=O) groups excluding carboxylic acids is 1. The summed E-state index contributed by atoms with van der Waals surface area (Å²) in [4.78, 5) is 11.1. The normalized spacial score (nSPS) is 7.76. The molecule has 5 nitrogen and oxygen atoms in total. The Morgan fingerprint density at radius 3 is 2.29 bits per heavy atom. The van der Waals surface area contributed by atoms with Gasteiger partial charge in [-0.15, -0.1) is 0 Å². The number of halogens is 3. The van der Waals surface area contributed by atoms with Crippen LogP contribution < -0.4 is 5.73 Å². The molecule has 98 valence electrons. The Bertz CT molecular complexity index is 343. The van der Waals surface area contributed by atoms with E-state index in [2.05, 4.69) is 20.7 Å². The zero-order chi connectivity index (χ0) is 11.8. The number of ether oxygens (including phenoxy) is 1. The predicted octanol–water partition coefficient (Wildman–Crippen LogP) is 1.17. The van der Waals surface area contributed by atoms with E-state index in [4.69, 9.17) is 23.6 Å². The molecule has 17 heavy (non-hydrogen) atoms. The third-order valence-electron chi connectivity index (χ3n) is 1.40. The molecule has 0 saturated carbocycles. The van der Waals surface area contributed by atoms with Gasteiger partial charge in [-0.1, -0.05) is 0 Å². The van der Waals surface area contributed by atoms with Crippen molar-refractivity contribution in [3.8, 4) is 0 Å². The Morgan fingerprint density at radius 2 is 1.88 bits per heavy atom. The zero-order valence-electron chi connectivity index (χ0n) is 8.76. The summed E-state index contributed by atoms with van der Waals surface area (Å²) in [5, 5.41) is 0. The number of nitrogen functional groups attached to an aromatic ring is 1. The third kappa shape index (κ3) is 8.92. The second-order valence-corrected chi connectivity index (χ2v) is 7.40. The van der Waals surface area contributed by atoms with Crippen LogP contribution in [0.3, 0.4) is 0 Å². The summed E-state index contributed by atoms with van der Waals surface area (Å²) in [6, 6.07) is 4.98. The van der Waals surface area contributed by atoms with Gasteiger partial charge in [-0.25, -0.2) is 4.79 Å². The van der Waals surface area contributed by atoms with Crippen molar-refractivity contribution in [3.05, 3.63) is 28.2 Å². The van der Waals surface area contributed by atoms with Crippen LogP contribution >= 0.6 is 33.8 Å². The second kappa shape index (κ2) is 12.7. The second-order valence-electron chi connectivity index (χ2n) is 2.30. The van der Waals surface area contributed by atoms with Crippen LogP contribution in [0, 0.1) is 0 Å². The molecule has 0 heterocycles. The molecule has 1 aromatic carbocycles. The SMILES string of the molecule is COC(=O)c1cc(N)ccc1Br.O.O.[Cl][Sn][Cl]. The molecule has 0 aromatic heterocycles. The Kier molecular flexibility index (Phi) is 16.8. The molecule has 0 aliphatic rings. The molecule has 2 radical (unpaired) electrons. The predicted molar refractivity (Wildman–Crippen MR) is 74.6 cm³/mol. The van der Waals surface area contributed by atoms with Gasteiger partial charge in [0.1, 0.15) is 0 Å². The van der Waals surface area contributed by atoms with Crippen LogP contribution in [0.25, 0.3) is 0 Å². The summed E-state index contributed by atoms with van der Waals surface area (Å²) in [6.07, 6.45) is 0. The summed E-state index contributed by atoms with van der Waals surface area (Å²) in [6.45, 7) is 0. The molecule has 0 atom stereocenters. The van der Waals surface area contributed by atoms with Crippen molar-refractivity contribution in [1.82, 2.24) is 0 Å². The number of rotatable bonds is 1. The van der Waals surface area contributed by atoms with Crippen LogP contribution in [0.2, 0.25) is 0 Å². The summed E-state index contributed by atoms with van der Waals surface area (Å²) in [5.74, 6) is -0.394. The number of nitrogens with two attached hydrogens (primary N) is 1. The number of methoxy groups -OCH3 is 1. The molecule has 9 heteroatoms. The molecule has 0 aliphatic heterocycles. The first-order valence-electron chi connectivity index (χ1n) is 3.66. The van der Waals surface area contributed by atoms with Crippen LogP contribution in [0.15, 0.2) is 22.7 Å². The van der Waals surface area contributed by atoms with E-state index < -0.39 is 24.9 Å². The van der Waals surface area contributed by atoms with Crippen molar-refractivity contribution in [1.29, 1.82) is 0 Å². The molecule has 0 spiro atoms. The molecule has 0 bridgehead atoms. The molecule has 1 aromatic rings. The molecular weight excluding hydrogens is 444 g/mol. The van der Waals surface area contributed by atoms with Crippen LogP contribution in [0.4, 0.5) is 5.69 Å². The number of anilines is 1. The monoisotopic (exact) mass is 455 g/mol. The van der Waals surface area contributed by atoms with Crippen LogP contribution in [-0.4, -0.2) is 42.9 Å². The summed E-state index contributed by atoms with van der Waals surface area (Å²) in [5.41, 5.74) is 6.47. The number of hydrogen-bond donors (Lipinski definition) is 1. The molecule has 1 rings (SSSR count). The van der Waals surface area contributed by atoms with Crippen LogP contribution in [-0.2, 0) is 4.74 Å². The van der Waals surface area contributed by atoms with Gasteiger partial charge in [-0.2, -0.15) is 0 Å². The van der Waals surface area contributed by atoms with Crippen molar-refractivity contribution in [3.63, 3.8) is 0 Å². The van der Waals surface area contributed by atoms with E-state index in [0.29, 0.717) is 15.7 Å². The quantitative estimate of drug-likeness (QED) is 0.389. The van der Waals surface area contributed by atoms with Gasteiger partial charge in [0.2, 0.25) is 0 Å². The Hall–Kier alpha value is 0.269. The molecule has 0 fully saturated rings. The number of carbonyl (C=O) groups is 1. The van der Waals surface area contributed by atoms with E-state index in [9.17, 15) is 4.79 Å². The Morgan fingerprint density at radius 1 is 1.41 bits per heavy atom. The zero-order valence-corrected chi connectivity index (χ0v) is 14.7. The molecule has 0 unspecified atom stereocenters. The van der Waals surface area contributed by atoms with E-state index in [1.807, 2.05) is 0 Å². The number of esters is 1. The van der Waals surface area contributed by atoms with E-state index >= 15 is 0 Å². The van der Waals surface area contributed by atoms with E-state index in [1.165, 1.54) is 7.11 Å². The Balaban J connectivity index is -0.000000356. The third-order valence-corrected chi connectivity index (χ3v) is 2.09. The summed E-state index contributed by atoms with van der Waals surface area (Å²) in [7, 11) is 11.2. The van der Waals surface area contributed by atoms with Crippen molar-refractivity contribution in [2.45, 2.75) is 0 Å². The molecule has 0 saturated heterocycles. The molecular formula is C8H12BrCl2NO4Sn. The number of benzene rings is 1. The minimum atomic E-state index is -0.826. The van der Waals surface area contributed by atoms with Gasteiger partial charge in [-0.3, -0.25) is 0 Å². The fourth-order valence-electron chi connectivity index (χ4n) is 0.809. The molecule has 6 N–H and O–H groups in total. The van der Waals surface area contributed by atoms with Crippen molar-refractivity contribution in [2.24, 2.45) is 0 Å². The van der Waals surface area contributed by atoms with Gasteiger partial charge in [0.25, 0.3) is 0 Å². The van der Waals surface area contributed by atoms with Crippen molar-refractivity contribution < 1.29 is 20.5 Å². The molecule has 0 aliphatic carbocycles. The fraction of sp³-hybridized carbons (Fsp3) is 0.125. The standard InChI is InChI=1S/C8H8BrNO2.2ClH.2H2O.Sn/c1-12-8(11)6-4-5(10)2-3-7(6)9;;;;;/h2-4H,10H2,1H3;2*1H;2*1H2;/q;;;;;+2/p-2. The van der Waals surface area contributed by atoms with Gasteiger partial charge >= 0.3 is 42.7 Å². The molecule has 0 amide bonds. The first-order chi connectivity index (χ1) is 7.06. The van der Waals surface area contributed by atoms with Gasteiger partial charge in [0.15, 0.2) is 0 Å². The summed E-state index contributed by atoms with van der Waals surface area (Å²) >= 11 is 2.39. The van der Waals surface area contributed by atoms with Crippen molar-refractivity contribution >= 4 is 64.3 Å². The van der Waals surface area contributed by atoms with Crippen LogP contribution in [0.5, 0.6) is 0 Å². The topological polar surface area (TPSA) is 115 Å². The van der Waals surface area contributed by atoms with Gasteiger partial charge in [0, 0.05) is 10.2 Å². The Labute approximate surface area is 125 Å². The van der Waals surface area contributed by atoms with E-state index in [0.717, 1.165) is 0 Å². The van der Waals surface area contributed by atoms with Gasteiger partial charge in [-0.05, 0) is 34.1 Å².